The molecule has 0 aliphatic rings. The van der Waals surface area contributed by atoms with E-state index in [1.165, 1.54) is 0 Å². The topological polar surface area (TPSA) is 98.1 Å². The van der Waals surface area contributed by atoms with Gasteiger partial charge in [0.05, 0.1) is 17.6 Å². The summed E-state index contributed by atoms with van der Waals surface area (Å²) in [4.78, 5) is 8.92. The predicted molar refractivity (Wildman–Crippen MR) is 96.8 cm³/mol. The van der Waals surface area contributed by atoms with Gasteiger partial charge in [0.1, 0.15) is 5.65 Å². The summed E-state index contributed by atoms with van der Waals surface area (Å²) in [5, 5.41) is 7.53. The van der Waals surface area contributed by atoms with E-state index in [9.17, 15) is 0 Å². The Morgan fingerprint density at radius 3 is 2.88 bits per heavy atom. The standard InChI is InChI=1S/C17H18N8/c1-24-11-13(9-21-24)14-3-4-15(23-18)17(22-14)20-8-12-2-5-16-19-6-7-25(16)10-12/h2-7,9-11,23H,8,18H2,1H3,(H,20,22). The van der Waals surface area contributed by atoms with Crippen molar-refractivity contribution in [3.63, 3.8) is 0 Å². The number of nitrogens with one attached hydrogen (secondary N) is 2. The fraction of sp³-hybridized carbons (Fsp3) is 0.118. The van der Waals surface area contributed by atoms with Crippen LogP contribution in [0.1, 0.15) is 5.56 Å². The summed E-state index contributed by atoms with van der Waals surface area (Å²) < 4.78 is 3.73. The predicted octanol–water partition coefficient (Wildman–Crippen LogP) is 2.03. The highest BCUT2D eigenvalue weighted by atomic mass is 15.2. The Balaban J connectivity index is 1.59. The summed E-state index contributed by atoms with van der Waals surface area (Å²) in [6.45, 7) is 0.617. The Kier molecular flexibility index (Phi) is 3.79. The van der Waals surface area contributed by atoms with Gasteiger partial charge in [-0.2, -0.15) is 5.10 Å². The van der Waals surface area contributed by atoms with E-state index in [2.05, 4.69) is 25.8 Å². The summed E-state index contributed by atoms with van der Waals surface area (Å²) in [6, 6.07) is 7.83. The highest BCUT2D eigenvalue weighted by molar-refractivity contribution is 5.70. The van der Waals surface area contributed by atoms with Crippen molar-refractivity contribution in [2.75, 3.05) is 10.7 Å². The molecule has 0 bridgehead atoms. The summed E-state index contributed by atoms with van der Waals surface area (Å²) in [5.74, 6) is 6.30. The van der Waals surface area contributed by atoms with Crippen LogP contribution in [0.3, 0.4) is 0 Å². The number of nitrogens with two attached hydrogens (primary N) is 1. The zero-order valence-electron chi connectivity index (χ0n) is 13.7. The van der Waals surface area contributed by atoms with Crippen molar-refractivity contribution in [2.24, 2.45) is 12.9 Å². The molecule has 4 rings (SSSR count). The molecule has 0 fully saturated rings. The van der Waals surface area contributed by atoms with Gasteiger partial charge >= 0.3 is 0 Å². The molecule has 0 aliphatic carbocycles. The van der Waals surface area contributed by atoms with Crippen LogP contribution in [0.4, 0.5) is 11.5 Å². The average Bonchev–Trinajstić information content (AvgIpc) is 3.28. The maximum absolute atomic E-state index is 5.61. The third-order valence-corrected chi connectivity index (χ3v) is 3.96. The van der Waals surface area contributed by atoms with E-state index < -0.39 is 0 Å². The second-order valence-corrected chi connectivity index (χ2v) is 5.72. The molecular weight excluding hydrogens is 316 g/mol. The molecule has 25 heavy (non-hydrogen) atoms. The molecule has 0 amide bonds. The van der Waals surface area contributed by atoms with Gasteiger partial charge < -0.3 is 15.1 Å². The first-order valence-corrected chi connectivity index (χ1v) is 7.85. The summed E-state index contributed by atoms with van der Waals surface area (Å²) >= 11 is 0. The van der Waals surface area contributed by atoms with E-state index in [1.54, 1.807) is 17.1 Å². The maximum Gasteiger partial charge on any atom is 0.151 e. The second-order valence-electron chi connectivity index (χ2n) is 5.72. The minimum atomic E-state index is 0.617. The number of imidazole rings is 1. The Morgan fingerprint density at radius 2 is 2.08 bits per heavy atom. The Bertz CT molecular complexity index is 1020. The SMILES string of the molecule is Cn1cc(-c2ccc(NN)c(NCc3ccc4nccn4c3)n2)cn1. The number of hydrogen-bond donors (Lipinski definition) is 3. The zero-order chi connectivity index (χ0) is 17.2. The average molecular weight is 334 g/mol. The fourth-order valence-corrected chi connectivity index (χ4v) is 2.68. The molecule has 4 aromatic heterocycles. The van der Waals surface area contributed by atoms with Gasteiger partial charge in [-0.15, -0.1) is 0 Å². The number of fused-ring (bicyclic) bond motifs is 1. The van der Waals surface area contributed by atoms with Crippen molar-refractivity contribution in [1.82, 2.24) is 24.1 Å². The van der Waals surface area contributed by atoms with E-state index in [1.807, 2.05) is 54.3 Å². The molecule has 0 unspecified atom stereocenters. The Hall–Kier alpha value is -3.39. The van der Waals surface area contributed by atoms with Gasteiger partial charge in [-0.3, -0.25) is 10.5 Å². The number of nitrogens with zero attached hydrogens (tertiary/aromatic N) is 5. The molecule has 0 saturated carbocycles. The molecule has 8 heteroatoms. The first-order valence-electron chi connectivity index (χ1n) is 7.85. The van der Waals surface area contributed by atoms with Crippen LogP contribution < -0.4 is 16.6 Å². The lowest BCUT2D eigenvalue weighted by Gasteiger charge is -2.12. The van der Waals surface area contributed by atoms with Crippen molar-refractivity contribution in [1.29, 1.82) is 0 Å². The van der Waals surface area contributed by atoms with Crippen molar-refractivity contribution >= 4 is 17.2 Å². The van der Waals surface area contributed by atoms with Crippen LogP contribution in [0.25, 0.3) is 16.9 Å². The summed E-state index contributed by atoms with van der Waals surface area (Å²) in [6.07, 6.45) is 9.45. The molecule has 126 valence electrons. The minimum Gasteiger partial charge on any atom is -0.364 e. The first kappa shape index (κ1) is 15.2. The van der Waals surface area contributed by atoms with Gasteiger partial charge in [-0.1, -0.05) is 6.07 Å². The maximum atomic E-state index is 5.61. The van der Waals surface area contributed by atoms with E-state index >= 15 is 0 Å². The zero-order valence-corrected chi connectivity index (χ0v) is 13.7. The monoisotopic (exact) mass is 334 g/mol. The van der Waals surface area contributed by atoms with Gasteiger partial charge in [0.2, 0.25) is 0 Å². The van der Waals surface area contributed by atoms with Gasteiger partial charge in [0.25, 0.3) is 0 Å². The summed E-state index contributed by atoms with van der Waals surface area (Å²) in [5.41, 5.74) is 7.23. The number of anilines is 2. The lowest BCUT2D eigenvalue weighted by atomic mass is 10.2. The molecular formula is C17H18N8. The molecule has 4 N–H and O–H groups in total. The highest BCUT2D eigenvalue weighted by Crippen LogP contribution is 2.24. The van der Waals surface area contributed by atoms with Crippen molar-refractivity contribution < 1.29 is 0 Å². The third kappa shape index (κ3) is 3.02. The fourth-order valence-electron chi connectivity index (χ4n) is 2.68. The lowest BCUT2D eigenvalue weighted by Crippen LogP contribution is -2.12. The van der Waals surface area contributed by atoms with E-state index in [4.69, 9.17) is 5.84 Å². The number of aryl methyl sites for hydroxylation is 1. The van der Waals surface area contributed by atoms with Crippen LogP contribution in [0.5, 0.6) is 0 Å². The Labute approximate surface area is 144 Å². The van der Waals surface area contributed by atoms with Gasteiger partial charge in [0.15, 0.2) is 5.82 Å². The quantitative estimate of drug-likeness (QED) is 0.382. The van der Waals surface area contributed by atoms with E-state index in [0.717, 1.165) is 28.2 Å². The third-order valence-electron chi connectivity index (χ3n) is 3.96. The molecule has 0 saturated heterocycles. The summed E-state index contributed by atoms with van der Waals surface area (Å²) in [7, 11) is 1.88. The normalized spacial score (nSPS) is 11.0. The van der Waals surface area contributed by atoms with Crippen LogP contribution >= 0.6 is 0 Å². The number of hydrogen-bond acceptors (Lipinski definition) is 6. The van der Waals surface area contributed by atoms with Gasteiger partial charge in [0, 0.05) is 43.9 Å². The number of pyridine rings is 2. The Morgan fingerprint density at radius 1 is 1.16 bits per heavy atom. The highest BCUT2D eigenvalue weighted by Gasteiger charge is 2.08. The van der Waals surface area contributed by atoms with Gasteiger partial charge in [-0.05, 0) is 23.8 Å². The molecule has 8 nitrogen and oxygen atoms in total. The smallest absolute Gasteiger partial charge is 0.151 e. The van der Waals surface area contributed by atoms with Crippen LogP contribution in [-0.2, 0) is 13.6 Å². The molecule has 0 spiro atoms. The second kappa shape index (κ2) is 6.25. The van der Waals surface area contributed by atoms with Crippen molar-refractivity contribution in [3.05, 3.63) is 60.8 Å². The van der Waals surface area contributed by atoms with E-state index in [-0.39, 0.29) is 0 Å². The van der Waals surface area contributed by atoms with Gasteiger partial charge in [-0.25, -0.2) is 9.97 Å². The van der Waals surface area contributed by atoms with Crippen LogP contribution in [-0.4, -0.2) is 24.1 Å². The number of rotatable bonds is 5. The number of nitrogen functional groups attached to an aromatic ring is 1. The first-order chi connectivity index (χ1) is 12.2. The largest absolute Gasteiger partial charge is 0.364 e. The van der Waals surface area contributed by atoms with Crippen LogP contribution in [0, 0.1) is 0 Å². The lowest BCUT2D eigenvalue weighted by molar-refractivity contribution is 0.768. The van der Waals surface area contributed by atoms with Crippen molar-refractivity contribution in [2.45, 2.75) is 6.54 Å². The molecule has 0 aliphatic heterocycles. The number of aromatic nitrogens is 5. The minimum absolute atomic E-state index is 0.617. The van der Waals surface area contributed by atoms with Crippen LogP contribution in [0.15, 0.2) is 55.2 Å². The van der Waals surface area contributed by atoms with E-state index in [0.29, 0.717) is 12.4 Å². The molecule has 4 heterocycles. The molecule has 0 aromatic carbocycles. The van der Waals surface area contributed by atoms with Crippen molar-refractivity contribution in [3.8, 4) is 11.3 Å². The molecule has 4 aromatic rings. The molecule has 0 atom stereocenters. The van der Waals surface area contributed by atoms with Crippen LogP contribution in [0.2, 0.25) is 0 Å². The number of hydrazine groups is 1. The molecule has 0 radical (unpaired) electrons.